The minimum Gasteiger partial charge on any atom is -0.506 e. The Morgan fingerprint density at radius 3 is 1.43 bits per heavy atom. The Labute approximate surface area is 390 Å². The highest BCUT2D eigenvalue weighted by molar-refractivity contribution is 6.36. The number of anilines is 2. The molecule has 16 nitrogen and oxygen atoms in total. The lowest BCUT2D eigenvalue weighted by atomic mass is 10.2. The Balaban J connectivity index is 0.000000268. The molecule has 26 heteroatoms. The van der Waals surface area contributed by atoms with E-state index in [1.165, 1.54) is 12.2 Å². The number of hydrogen-bond donors (Lipinski definition) is 4. The van der Waals surface area contributed by atoms with Gasteiger partial charge in [0, 0.05) is 26.2 Å². The maximum atomic E-state index is 14.4. The van der Waals surface area contributed by atoms with Crippen LogP contribution >= 0.6 is 23.2 Å². The number of nitrogens with two attached hydrogens (primary N) is 2. The fourth-order valence-electron chi connectivity index (χ4n) is 5.97. The monoisotopic (exact) mass is 1000 g/mol. The molecule has 4 heterocycles. The van der Waals surface area contributed by atoms with Gasteiger partial charge in [0.2, 0.25) is 11.8 Å². The summed E-state index contributed by atoms with van der Waals surface area (Å²) >= 11 is 11.3. The summed E-state index contributed by atoms with van der Waals surface area (Å²) in [5, 5.41) is 17.8. The first-order valence-corrected chi connectivity index (χ1v) is 20.2. The van der Waals surface area contributed by atoms with Gasteiger partial charge in [-0.15, -0.1) is 0 Å². The molecule has 0 unspecified atom stereocenters. The molecule has 6 rings (SSSR count). The van der Waals surface area contributed by atoms with Crippen molar-refractivity contribution in [2.24, 2.45) is 0 Å². The van der Waals surface area contributed by atoms with Crippen LogP contribution in [0.3, 0.4) is 0 Å². The second-order valence-electron chi connectivity index (χ2n) is 13.3. The number of benzene rings is 2. The van der Waals surface area contributed by atoms with Crippen molar-refractivity contribution in [1.82, 2.24) is 38.9 Å². The number of carbonyl (C=O) groups excluding carboxylic acids is 2. The average Bonchev–Trinajstić information content (AvgIpc) is 3.28. The minimum absolute atomic E-state index is 0.0139. The summed E-state index contributed by atoms with van der Waals surface area (Å²) in [6, 6.07) is 4.67. The van der Waals surface area contributed by atoms with E-state index in [1.807, 2.05) is 27.7 Å². The van der Waals surface area contributed by atoms with Crippen molar-refractivity contribution in [3.05, 3.63) is 128 Å². The van der Waals surface area contributed by atoms with Crippen molar-refractivity contribution in [1.29, 1.82) is 0 Å². The van der Waals surface area contributed by atoms with Crippen LogP contribution in [0.25, 0.3) is 33.2 Å². The smallest absolute Gasteiger partial charge is 0.431 e. The Hall–Kier alpha value is -7.34. The molecule has 6 N–H and O–H groups in total. The van der Waals surface area contributed by atoms with E-state index in [1.54, 1.807) is 9.80 Å². The number of phenols is 2. The first kappa shape index (κ1) is 55.0. The fraction of sp³-hybridized carbons (Fsp3) is 0.238. The summed E-state index contributed by atoms with van der Waals surface area (Å²) in [5.41, 5.74) is 2.17. The molecule has 6 aromatic rings. The highest BCUT2D eigenvalue weighted by Gasteiger charge is 2.39. The van der Waals surface area contributed by atoms with Crippen LogP contribution in [0.5, 0.6) is 11.5 Å². The number of halogens is 10. The van der Waals surface area contributed by atoms with Crippen molar-refractivity contribution in [3.8, 4) is 22.9 Å². The molecular formula is C42H40Cl2F8N10O6. The van der Waals surface area contributed by atoms with Crippen LogP contribution in [-0.4, -0.2) is 87.1 Å². The zero-order chi connectivity index (χ0) is 51.6. The summed E-state index contributed by atoms with van der Waals surface area (Å²) < 4.78 is 109. The first-order chi connectivity index (χ1) is 31.8. The SMILES string of the molecule is C=CC(=O)N(CC)CC.C=CC(=O)N(CC)CC.Nc1ncnc2c(=O)n(-c3c(O)c(Cl)cc(Cl)c3F)c(C(F)(F)F)cc12.Nc1ncnc2c(=O)n(-c3c(O)cccc3F)c(C(F)(F)F)cc12. The van der Waals surface area contributed by atoms with E-state index in [0.29, 0.717) is 12.1 Å². The molecule has 0 atom stereocenters. The molecule has 2 aromatic carbocycles. The number of nitrogen functional groups attached to an aromatic ring is 2. The molecule has 0 bridgehead atoms. The van der Waals surface area contributed by atoms with Crippen LogP contribution in [0, 0.1) is 11.6 Å². The summed E-state index contributed by atoms with van der Waals surface area (Å²) in [7, 11) is 0. The van der Waals surface area contributed by atoms with Crippen LogP contribution in [-0.2, 0) is 21.9 Å². The predicted molar refractivity (Wildman–Crippen MR) is 239 cm³/mol. The maximum Gasteiger partial charge on any atom is 0.431 e. The Kier molecular flexibility index (Phi) is 18.5. The van der Waals surface area contributed by atoms with Crippen LogP contribution in [0.4, 0.5) is 46.8 Å². The van der Waals surface area contributed by atoms with Gasteiger partial charge in [-0.25, -0.2) is 28.7 Å². The van der Waals surface area contributed by atoms with Crippen molar-refractivity contribution in [3.63, 3.8) is 0 Å². The number of pyridine rings is 2. The third-order valence-corrected chi connectivity index (χ3v) is 9.86. The van der Waals surface area contributed by atoms with E-state index in [0.717, 1.165) is 63.1 Å². The number of carbonyl (C=O) groups is 2. The summed E-state index contributed by atoms with van der Waals surface area (Å²) in [5.74, 6) is -5.27. The molecule has 2 amide bonds. The van der Waals surface area contributed by atoms with E-state index in [-0.39, 0.29) is 43.4 Å². The number of aromatic nitrogens is 6. The molecule has 68 heavy (non-hydrogen) atoms. The van der Waals surface area contributed by atoms with Gasteiger partial charge in [0.25, 0.3) is 11.1 Å². The van der Waals surface area contributed by atoms with Crippen LogP contribution in [0.15, 0.2) is 84.0 Å². The lowest BCUT2D eigenvalue weighted by molar-refractivity contribution is -0.143. The number of rotatable bonds is 8. The quantitative estimate of drug-likeness (QED) is 0.0650. The second kappa shape index (κ2) is 22.9. The second-order valence-corrected chi connectivity index (χ2v) is 14.1. The van der Waals surface area contributed by atoms with Gasteiger partial charge in [0.05, 0.1) is 20.8 Å². The lowest BCUT2D eigenvalue weighted by Gasteiger charge is -2.18. The molecular weight excluding hydrogens is 963 g/mol. The molecule has 0 aliphatic heterocycles. The molecule has 0 spiro atoms. The zero-order valence-corrected chi connectivity index (χ0v) is 37.6. The van der Waals surface area contributed by atoms with Gasteiger partial charge in [-0.3, -0.25) is 28.3 Å². The topological polar surface area (TPSA) is 229 Å². The summed E-state index contributed by atoms with van der Waals surface area (Å²) in [4.78, 5) is 64.4. The van der Waals surface area contributed by atoms with Gasteiger partial charge in [-0.1, -0.05) is 42.4 Å². The van der Waals surface area contributed by atoms with Gasteiger partial charge in [0.1, 0.15) is 63.8 Å². The first-order valence-electron chi connectivity index (χ1n) is 19.4. The van der Waals surface area contributed by atoms with Crippen molar-refractivity contribution < 1.29 is 54.9 Å². The van der Waals surface area contributed by atoms with E-state index in [9.17, 15) is 64.5 Å². The van der Waals surface area contributed by atoms with Crippen LogP contribution in [0.2, 0.25) is 10.0 Å². The molecule has 0 aliphatic carbocycles. The van der Waals surface area contributed by atoms with Gasteiger partial charge >= 0.3 is 12.4 Å². The highest BCUT2D eigenvalue weighted by atomic mass is 35.5. The number of aromatic hydroxyl groups is 2. The number of alkyl halides is 6. The number of fused-ring (bicyclic) bond motifs is 2. The average molecular weight is 1000 g/mol. The number of hydrogen-bond acceptors (Lipinski definition) is 12. The van der Waals surface area contributed by atoms with Gasteiger partial charge in [-0.2, -0.15) is 26.3 Å². The molecule has 4 aromatic heterocycles. The lowest BCUT2D eigenvalue weighted by Crippen LogP contribution is -2.28. The maximum absolute atomic E-state index is 14.4. The highest BCUT2D eigenvalue weighted by Crippen LogP contribution is 2.40. The van der Waals surface area contributed by atoms with Gasteiger partial charge in [-0.05, 0) is 70.2 Å². The molecule has 0 saturated carbocycles. The largest absolute Gasteiger partial charge is 0.506 e. The molecule has 0 aliphatic rings. The molecule has 0 radical (unpaired) electrons. The Morgan fingerprint density at radius 2 is 1.09 bits per heavy atom. The number of nitrogens with zero attached hydrogens (tertiary/aromatic N) is 8. The van der Waals surface area contributed by atoms with Gasteiger partial charge in [0.15, 0.2) is 17.4 Å². The van der Waals surface area contributed by atoms with E-state index in [2.05, 4.69) is 33.1 Å². The molecule has 0 fully saturated rings. The van der Waals surface area contributed by atoms with Crippen molar-refractivity contribution in [2.45, 2.75) is 40.0 Å². The van der Waals surface area contributed by atoms with E-state index in [4.69, 9.17) is 34.7 Å². The third-order valence-electron chi connectivity index (χ3n) is 9.30. The summed E-state index contributed by atoms with van der Waals surface area (Å²) in [6.45, 7) is 17.6. The van der Waals surface area contributed by atoms with Crippen LogP contribution < -0.4 is 22.6 Å². The number of phenolic OH excluding ortho intramolecular Hbond substituents is 2. The van der Waals surface area contributed by atoms with E-state index >= 15 is 0 Å². The molecule has 364 valence electrons. The van der Waals surface area contributed by atoms with Crippen LogP contribution in [0.1, 0.15) is 39.1 Å². The number of likely N-dealkylation sites (N-methyl/N-ethyl adjacent to an activating group) is 2. The Bertz CT molecular complexity index is 2900. The Morgan fingerprint density at radius 1 is 0.691 bits per heavy atom. The molecule has 0 saturated heterocycles. The van der Waals surface area contributed by atoms with Gasteiger partial charge < -0.3 is 31.5 Å². The van der Waals surface area contributed by atoms with E-state index < -0.39 is 90.4 Å². The predicted octanol–water partition coefficient (Wildman–Crippen LogP) is 7.84. The summed E-state index contributed by atoms with van der Waals surface area (Å²) in [6.07, 6.45) is -5.70. The number of para-hydroxylation sites is 1. The normalized spacial score (nSPS) is 11.0. The standard InChI is InChI=1S/C14H6Cl2F4N4O2.C14H8F4N4O2.2C7H13NO/c15-5-2-6(16)11(25)10(8(5)17)24-7(14(18,19)20)1-4-9(13(24)26)22-3-23-12(4)21;15-7-2-1-3-8(23)11(7)22-9(14(16,17)18)4-6-10(13(22)24)20-5-21-12(6)19;2*1-4-7(9)8(5-2)6-3/h1-3,25H,(H2,21,22,23);1-5,23H,(H2,19,20,21);2*4H,1,5-6H2,2-3H3. The minimum atomic E-state index is -5.12. The van der Waals surface area contributed by atoms with Crippen molar-refractivity contribution >= 4 is 68.5 Å². The fourth-order valence-corrected chi connectivity index (χ4v) is 6.42. The number of amides is 2. The third kappa shape index (κ3) is 12.2. The zero-order valence-electron chi connectivity index (χ0n) is 36.1. The van der Waals surface area contributed by atoms with Crippen molar-refractivity contribution in [2.75, 3.05) is 37.6 Å².